The number of carbonyl (C=O) groups is 2. The van der Waals surface area contributed by atoms with E-state index < -0.39 is 0 Å². The first-order valence-electron chi connectivity index (χ1n) is 22.7. The first-order valence-corrected chi connectivity index (χ1v) is 22.7. The van der Waals surface area contributed by atoms with Crippen molar-refractivity contribution in [2.24, 2.45) is 51.9 Å². The molecule has 7 unspecified atom stereocenters. The van der Waals surface area contributed by atoms with Crippen LogP contribution in [0.1, 0.15) is 197 Å². The maximum Gasteiger partial charge on any atom is 0.306 e. The largest absolute Gasteiger partial charge is 0.462 e. The molecule has 4 aliphatic carbocycles. The van der Waals surface area contributed by atoms with Crippen LogP contribution in [0.4, 0.5) is 0 Å². The molecule has 7 atom stereocenters. The number of hydrogen-bond donors (Lipinski definition) is 2. The van der Waals surface area contributed by atoms with Gasteiger partial charge in [-0.15, -0.1) is 0 Å². The Bertz CT molecular complexity index is 1030. The third-order valence-corrected chi connectivity index (χ3v) is 13.8. The number of nitrogens with zero attached hydrogens (tertiary/aromatic N) is 1. The molecule has 4 aliphatic rings. The number of esters is 1. The molecule has 6 nitrogen and oxygen atoms in total. The number of carbonyl (C=O) groups excluding carboxylic acids is 2. The molecule has 0 radical (unpaired) electrons. The van der Waals surface area contributed by atoms with E-state index in [1.54, 1.807) is 5.57 Å². The Balaban J connectivity index is 0.00000226. The lowest BCUT2D eigenvalue weighted by molar-refractivity contribution is -0.151. The molecule has 52 heavy (non-hydrogen) atoms. The molecule has 0 heterocycles. The summed E-state index contributed by atoms with van der Waals surface area (Å²) in [6.45, 7) is 20.8. The Morgan fingerprint density at radius 2 is 1.46 bits per heavy atom. The first kappa shape index (κ1) is 46.8. The second-order valence-corrected chi connectivity index (χ2v) is 17.4. The summed E-state index contributed by atoms with van der Waals surface area (Å²) in [5, 5.41) is 0. The number of allylic oxidation sites excluding steroid dienone is 1. The van der Waals surface area contributed by atoms with Gasteiger partial charge in [-0.3, -0.25) is 9.59 Å². The van der Waals surface area contributed by atoms with Gasteiger partial charge in [-0.2, -0.15) is 0 Å². The number of amides is 1. The number of rotatable bonds is 21. The van der Waals surface area contributed by atoms with E-state index >= 15 is 0 Å². The second-order valence-electron chi connectivity index (χ2n) is 17.4. The van der Waals surface area contributed by atoms with Gasteiger partial charge in [0, 0.05) is 32.4 Å². The van der Waals surface area contributed by atoms with Crippen LogP contribution in [-0.4, -0.2) is 49.1 Å². The Morgan fingerprint density at radius 1 is 0.788 bits per heavy atom. The average Bonchev–Trinajstić information content (AvgIpc) is 3.48. The van der Waals surface area contributed by atoms with Gasteiger partial charge in [-0.25, -0.2) is 0 Å². The third-order valence-electron chi connectivity index (χ3n) is 13.8. The van der Waals surface area contributed by atoms with Crippen molar-refractivity contribution in [2.75, 3.05) is 26.2 Å². The number of fused-ring (bicyclic) bond motifs is 5. The summed E-state index contributed by atoms with van der Waals surface area (Å²) < 4.78 is 6.08. The summed E-state index contributed by atoms with van der Waals surface area (Å²) in [5.74, 6) is 4.28. The van der Waals surface area contributed by atoms with Crippen LogP contribution in [0, 0.1) is 40.4 Å². The maximum absolute atomic E-state index is 13.0. The molecular formula is C46H87N3O3. The molecule has 0 aromatic rings. The van der Waals surface area contributed by atoms with E-state index in [1.807, 2.05) is 32.6 Å². The number of ether oxygens (including phenoxy) is 1. The van der Waals surface area contributed by atoms with Gasteiger partial charge >= 0.3 is 5.97 Å². The van der Waals surface area contributed by atoms with E-state index in [4.69, 9.17) is 16.2 Å². The van der Waals surface area contributed by atoms with Gasteiger partial charge in [0.1, 0.15) is 6.10 Å². The van der Waals surface area contributed by atoms with Crippen molar-refractivity contribution in [3.05, 3.63) is 11.6 Å². The highest BCUT2D eigenvalue weighted by Gasteiger charge is 2.58. The predicted octanol–water partition coefficient (Wildman–Crippen LogP) is 11.4. The van der Waals surface area contributed by atoms with Gasteiger partial charge in [-0.1, -0.05) is 112 Å². The van der Waals surface area contributed by atoms with E-state index in [1.165, 1.54) is 77.0 Å². The van der Waals surface area contributed by atoms with Gasteiger partial charge in [0.2, 0.25) is 5.91 Å². The van der Waals surface area contributed by atoms with Crippen LogP contribution in [-0.2, 0) is 14.3 Å². The van der Waals surface area contributed by atoms with Crippen LogP contribution in [0.25, 0.3) is 0 Å². The summed E-state index contributed by atoms with van der Waals surface area (Å²) in [5.41, 5.74) is 13.7. The lowest BCUT2D eigenvalue weighted by Gasteiger charge is -2.58. The maximum atomic E-state index is 13.0. The summed E-state index contributed by atoms with van der Waals surface area (Å²) in [4.78, 5) is 28.0. The molecule has 4 N–H and O–H groups in total. The van der Waals surface area contributed by atoms with Crippen molar-refractivity contribution in [2.45, 2.75) is 203 Å². The molecule has 0 saturated heterocycles. The van der Waals surface area contributed by atoms with E-state index in [2.05, 4.69) is 33.8 Å². The topological polar surface area (TPSA) is 98.7 Å². The molecule has 0 bridgehead atoms. The van der Waals surface area contributed by atoms with E-state index in [0.29, 0.717) is 37.8 Å². The zero-order chi connectivity index (χ0) is 38.6. The van der Waals surface area contributed by atoms with Crippen molar-refractivity contribution >= 4 is 11.9 Å². The van der Waals surface area contributed by atoms with E-state index in [-0.39, 0.29) is 23.4 Å². The highest BCUT2D eigenvalue weighted by molar-refractivity contribution is 5.77. The van der Waals surface area contributed by atoms with Gasteiger partial charge in [0.15, 0.2) is 0 Å². The van der Waals surface area contributed by atoms with Gasteiger partial charge in [-0.05, 0) is 131 Å². The third kappa shape index (κ3) is 13.4. The Labute approximate surface area is 322 Å². The first-order chi connectivity index (χ1) is 25.1. The normalized spacial score (nSPS) is 29.0. The molecule has 1 amide bonds. The summed E-state index contributed by atoms with van der Waals surface area (Å²) >= 11 is 0. The average molecular weight is 730 g/mol. The van der Waals surface area contributed by atoms with Crippen molar-refractivity contribution in [3.8, 4) is 0 Å². The van der Waals surface area contributed by atoms with Crippen LogP contribution < -0.4 is 11.5 Å². The minimum atomic E-state index is -0.129. The van der Waals surface area contributed by atoms with Crippen LogP contribution in [0.2, 0.25) is 0 Å². The number of nitrogens with two attached hydrogens (primary N) is 2. The summed E-state index contributed by atoms with van der Waals surface area (Å²) in [6.07, 6.45) is 27.1. The molecule has 0 aliphatic heterocycles. The molecule has 0 spiro atoms. The van der Waals surface area contributed by atoms with Gasteiger partial charge in [0.25, 0.3) is 0 Å². The molecular weight excluding hydrogens is 643 g/mol. The monoisotopic (exact) mass is 730 g/mol. The minimum absolute atomic E-state index is 0.00876. The molecule has 3 saturated carbocycles. The van der Waals surface area contributed by atoms with Crippen molar-refractivity contribution in [1.29, 1.82) is 0 Å². The van der Waals surface area contributed by atoms with Crippen molar-refractivity contribution in [1.82, 2.24) is 4.90 Å². The Kier molecular flexibility index (Phi) is 22.4. The molecule has 0 aromatic carbocycles. The van der Waals surface area contributed by atoms with E-state index in [9.17, 15) is 9.59 Å². The van der Waals surface area contributed by atoms with E-state index in [0.717, 1.165) is 87.6 Å². The Hall–Kier alpha value is -1.40. The second kappa shape index (κ2) is 24.9. The molecule has 304 valence electrons. The molecule has 4 rings (SSSR count). The van der Waals surface area contributed by atoms with Gasteiger partial charge in [0.05, 0.1) is 0 Å². The molecule has 0 aromatic heterocycles. The molecule has 6 heteroatoms. The number of hydrogen-bond acceptors (Lipinski definition) is 5. The Morgan fingerprint density at radius 3 is 2.15 bits per heavy atom. The van der Waals surface area contributed by atoms with Crippen molar-refractivity contribution < 1.29 is 14.3 Å². The SMILES string of the molecule is CC.CC.CC(C)CCCCC1CCC2C3CC=C4CC(OC(=O)CCCC(=O)N(CCCN)CCCCCCCCN)CCC4(C)C3CCC12C. The quantitative estimate of drug-likeness (QED) is 0.0696. The highest BCUT2D eigenvalue weighted by Crippen LogP contribution is 2.66. The van der Waals surface area contributed by atoms with Crippen LogP contribution >= 0.6 is 0 Å². The smallest absolute Gasteiger partial charge is 0.306 e. The van der Waals surface area contributed by atoms with Crippen molar-refractivity contribution in [3.63, 3.8) is 0 Å². The highest BCUT2D eigenvalue weighted by atomic mass is 16.5. The van der Waals surface area contributed by atoms with Crippen LogP contribution in [0.3, 0.4) is 0 Å². The summed E-state index contributed by atoms with van der Waals surface area (Å²) in [6, 6.07) is 0. The van der Waals surface area contributed by atoms with Crippen LogP contribution in [0.15, 0.2) is 11.6 Å². The lowest BCUT2D eigenvalue weighted by Crippen LogP contribution is -2.50. The lowest BCUT2D eigenvalue weighted by atomic mass is 9.47. The van der Waals surface area contributed by atoms with Gasteiger partial charge < -0.3 is 21.1 Å². The zero-order valence-corrected chi connectivity index (χ0v) is 35.8. The fourth-order valence-corrected chi connectivity index (χ4v) is 10.8. The number of unbranched alkanes of at least 4 members (excludes halogenated alkanes) is 6. The fourth-order valence-electron chi connectivity index (χ4n) is 10.8. The minimum Gasteiger partial charge on any atom is -0.462 e. The standard InChI is InChI=1S/C42H75N3O3.2C2H6/c1-32(2)15-9-10-16-33-20-22-37-36-21-19-34-31-35(23-25-42(34,4)38(36)24-26-41(33,37)3)48-40(47)18-13-17-39(46)45(30-14-28-44)29-12-8-6-5-7-11-27-43;2*1-2/h19,32-33,35-38H,5-18,20-31,43-44H2,1-4H3;2*1-2H3. The zero-order valence-electron chi connectivity index (χ0n) is 35.8. The fraction of sp³-hybridized carbons (Fsp3) is 0.913. The predicted molar refractivity (Wildman–Crippen MR) is 222 cm³/mol. The molecule has 3 fully saturated rings. The summed E-state index contributed by atoms with van der Waals surface area (Å²) in [7, 11) is 0. The van der Waals surface area contributed by atoms with Crippen LogP contribution in [0.5, 0.6) is 0 Å².